The fraction of sp³-hybridized carbons (Fsp3) is 0.429. The molecule has 19 heavy (non-hydrogen) atoms. The van der Waals surface area contributed by atoms with Crippen LogP contribution in [0.2, 0.25) is 0 Å². The molecule has 0 spiro atoms. The van der Waals surface area contributed by atoms with E-state index in [1.54, 1.807) is 7.11 Å². The van der Waals surface area contributed by atoms with Gasteiger partial charge in [-0.15, -0.1) is 0 Å². The molecule has 0 saturated heterocycles. The Bertz CT molecular complexity index is 558. The number of ether oxygens (including phenoxy) is 1. The van der Waals surface area contributed by atoms with Gasteiger partial charge in [0, 0.05) is 6.42 Å². The standard InChI is InChI=1S/C14H17N3O2/c1-18-11-5-3-10(4-6-11)9-12-16-13(19-17-12)14(15)7-2-8-14/h3-6H,2,7-9,15H2,1H3. The topological polar surface area (TPSA) is 74.2 Å². The van der Waals surface area contributed by atoms with Crippen LogP contribution in [0.3, 0.4) is 0 Å². The van der Waals surface area contributed by atoms with Gasteiger partial charge in [-0.25, -0.2) is 0 Å². The molecular weight excluding hydrogens is 242 g/mol. The molecule has 0 atom stereocenters. The van der Waals surface area contributed by atoms with E-state index in [0.29, 0.717) is 18.1 Å². The summed E-state index contributed by atoms with van der Waals surface area (Å²) in [5.41, 5.74) is 6.89. The fourth-order valence-corrected chi connectivity index (χ4v) is 2.23. The van der Waals surface area contributed by atoms with E-state index in [0.717, 1.165) is 30.6 Å². The zero-order chi connectivity index (χ0) is 13.3. The van der Waals surface area contributed by atoms with Gasteiger partial charge in [-0.3, -0.25) is 0 Å². The Hall–Kier alpha value is -1.88. The van der Waals surface area contributed by atoms with Crippen molar-refractivity contribution in [3.8, 4) is 5.75 Å². The van der Waals surface area contributed by atoms with E-state index in [1.165, 1.54) is 0 Å². The van der Waals surface area contributed by atoms with Crippen molar-refractivity contribution in [1.29, 1.82) is 0 Å². The van der Waals surface area contributed by atoms with E-state index in [9.17, 15) is 0 Å². The van der Waals surface area contributed by atoms with Gasteiger partial charge in [0.15, 0.2) is 5.82 Å². The lowest BCUT2D eigenvalue weighted by molar-refractivity contribution is 0.181. The molecule has 0 amide bonds. The summed E-state index contributed by atoms with van der Waals surface area (Å²) in [6, 6.07) is 7.84. The quantitative estimate of drug-likeness (QED) is 0.909. The second kappa shape index (κ2) is 4.66. The third kappa shape index (κ3) is 2.33. The largest absolute Gasteiger partial charge is 0.497 e. The van der Waals surface area contributed by atoms with Crippen LogP contribution in [0.15, 0.2) is 28.8 Å². The summed E-state index contributed by atoms with van der Waals surface area (Å²) in [6.07, 6.45) is 3.63. The zero-order valence-electron chi connectivity index (χ0n) is 10.9. The normalized spacial score (nSPS) is 16.9. The lowest BCUT2D eigenvalue weighted by Crippen LogP contribution is -2.43. The van der Waals surface area contributed by atoms with Crippen molar-refractivity contribution in [2.45, 2.75) is 31.2 Å². The SMILES string of the molecule is COc1ccc(Cc2noc(C3(N)CCC3)n2)cc1. The number of rotatable bonds is 4. The Labute approximate surface area is 111 Å². The summed E-state index contributed by atoms with van der Waals surface area (Å²) in [7, 11) is 1.65. The molecule has 2 N–H and O–H groups in total. The van der Waals surface area contributed by atoms with Crippen LogP contribution in [0, 0.1) is 0 Å². The van der Waals surface area contributed by atoms with Gasteiger partial charge in [-0.2, -0.15) is 4.98 Å². The molecule has 0 unspecified atom stereocenters. The van der Waals surface area contributed by atoms with Crippen molar-refractivity contribution in [2.24, 2.45) is 5.73 Å². The number of hydrogen-bond donors (Lipinski definition) is 1. The molecule has 1 heterocycles. The van der Waals surface area contributed by atoms with Crippen LogP contribution in [0.4, 0.5) is 0 Å². The Morgan fingerprint density at radius 2 is 2.05 bits per heavy atom. The summed E-state index contributed by atoms with van der Waals surface area (Å²) in [6.45, 7) is 0. The number of aromatic nitrogens is 2. The molecule has 1 saturated carbocycles. The van der Waals surface area contributed by atoms with Gasteiger partial charge >= 0.3 is 0 Å². The molecule has 5 heteroatoms. The monoisotopic (exact) mass is 259 g/mol. The molecule has 1 aromatic heterocycles. The Kier molecular flexibility index (Phi) is 2.98. The van der Waals surface area contributed by atoms with Crippen LogP contribution in [0.5, 0.6) is 5.75 Å². The highest BCUT2D eigenvalue weighted by atomic mass is 16.5. The van der Waals surface area contributed by atoms with Gasteiger partial charge in [-0.05, 0) is 37.0 Å². The average Bonchev–Trinajstić information content (AvgIpc) is 2.86. The molecule has 1 fully saturated rings. The van der Waals surface area contributed by atoms with Crippen molar-refractivity contribution in [2.75, 3.05) is 7.11 Å². The summed E-state index contributed by atoms with van der Waals surface area (Å²) in [5, 5.41) is 4.00. The number of nitrogens with zero attached hydrogens (tertiary/aromatic N) is 2. The predicted octanol–water partition coefficient (Wildman–Crippen LogP) is 2.01. The minimum absolute atomic E-state index is 0.384. The molecule has 0 bridgehead atoms. The van der Waals surface area contributed by atoms with E-state index in [4.69, 9.17) is 15.0 Å². The zero-order valence-corrected chi connectivity index (χ0v) is 10.9. The fourth-order valence-electron chi connectivity index (χ4n) is 2.23. The number of benzene rings is 1. The van der Waals surface area contributed by atoms with Crippen molar-refractivity contribution in [3.05, 3.63) is 41.5 Å². The summed E-state index contributed by atoms with van der Waals surface area (Å²) < 4.78 is 10.4. The minimum atomic E-state index is -0.384. The van der Waals surface area contributed by atoms with Crippen molar-refractivity contribution in [3.63, 3.8) is 0 Å². The second-order valence-electron chi connectivity index (χ2n) is 5.05. The molecular formula is C14H17N3O2. The second-order valence-corrected chi connectivity index (χ2v) is 5.05. The van der Waals surface area contributed by atoms with Crippen molar-refractivity contribution in [1.82, 2.24) is 10.1 Å². The number of nitrogens with two attached hydrogens (primary N) is 1. The molecule has 1 aliphatic rings. The van der Waals surface area contributed by atoms with Crippen LogP contribution < -0.4 is 10.5 Å². The van der Waals surface area contributed by atoms with E-state index in [2.05, 4.69) is 10.1 Å². The lowest BCUT2D eigenvalue weighted by atomic mass is 9.78. The van der Waals surface area contributed by atoms with Crippen LogP contribution in [0.25, 0.3) is 0 Å². The molecule has 2 aromatic rings. The first-order valence-corrected chi connectivity index (χ1v) is 6.44. The summed E-state index contributed by atoms with van der Waals surface area (Å²) in [4.78, 5) is 4.41. The molecule has 0 radical (unpaired) electrons. The molecule has 1 aromatic carbocycles. The number of methoxy groups -OCH3 is 1. The Morgan fingerprint density at radius 1 is 1.32 bits per heavy atom. The maximum atomic E-state index is 6.16. The third-order valence-corrected chi connectivity index (χ3v) is 3.66. The van der Waals surface area contributed by atoms with Crippen LogP contribution >= 0.6 is 0 Å². The third-order valence-electron chi connectivity index (χ3n) is 3.66. The predicted molar refractivity (Wildman–Crippen MR) is 69.8 cm³/mol. The van der Waals surface area contributed by atoms with E-state index in [1.807, 2.05) is 24.3 Å². The minimum Gasteiger partial charge on any atom is -0.497 e. The first kappa shape index (κ1) is 12.2. The highest BCUT2D eigenvalue weighted by molar-refractivity contribution is 5.28. The summed E-state index contributed by atoms with van der Waals surface area (Å²) in [5.74, 6) is 2.09. The molecule has 3 rings (SSSR count). The van der Waals surface area contributed by atoms with E-state index >= 15 is 0 Å². The Balaban J connectivity index is 1.72. The molecule has 0 aliphatic heterocycles. The maximum absolute atomic E-state index is 6.16. The van der Waals surface area contributed by atoms with Gasteiger partial charge in [0.25, 0.3) is 0 Å². The number of hydrogen-bond acceptors (Lipinski definition) is 5. The van der Waals surface area contributed by atoms with Crippen LogP contribution in [0.1, 0.15) is 36.5 Å². The summed E-state index contributed by atoms with van der Waals surface area (Å²) >= 11 is 0. The maximum Gasteiger partial charge on any atom is 0.246 e. The molecule has 1 aliphatic carbocycles. The van der Waals surface area contributed by atoms with Gasteiger partial charge in [0.2, 0.25) is 5.89 Å². The molecule has 5 nitrogen and oxygen atoms in total. The van der Waals surface area contributed by atoms with Crippen LogP contribution in [-0.2, 0) is 12.0 Å². The van der Waals surface area contributed by atoms with E-state index < -0.39 is 0 Å². The Morgan fingerprint density at radius 3 is 2.63 bits per heavy atom. The van der Waals surface area contributed by atoms with Gasteiger partial charge in [0.1, 0.15) is 5.75 Å². The van der Waals surface area contributed by atoms with Crippen molar-refractivity contribution >= 4 is 0 Å². The van der Waals surface area contributed by atoms with Gasteiger partial charge in [-0.1, -0.05) is 17.3 Å². The van der Waals surface area contributed by atoms with Gasteiger partial charge < -0.3 is 15.0 Å². The van der Waals surface area contributed by atoms with Gasteiger partial charge in [0.05, 0.1) is 12.6 Å². The first-order chi connectivity index (χ1) is 9.19. The highest BCUT2D eigenvalue weighted by Gasteiger charge is 2.39. The highest BCUT2D eigenvalue weighted by Crippen LogP contribution is 2.37. The lowest BCUT2D eigenvalue weighted by Gasteiger charge is -2.33. The molecule has 100 valence electrons. The van der Waals surface area contributed by atoms with Crippen molar-refractivity contribution < 1.29 is 9.26 Å². The van der Waals surface area contributed by atoms with E-state index in [-0.39, 0.29) is 5.54 Å². The average molecular weight is 259 g/mol. The smallest absolute Gasteiger partial charge is 0.246 e. The first-order valence-electron chi connectivity index (χ1n) is 6.44. The van der Waals surface area contributed by atoms with Crippen LogP contribution in [-0.4, -0.2) is 17.3 Å².